The first kappa shape index (κ1) is 23.3. The Morgan fingerprint density at radius 1 is 0.882 bits per heavy atom. The van der Waals surface area contributed by atoms with Crippen LogP contribution in [-0.4, -0.2) is 23.1 Å². The van der Waals surface area contributed by atoms with Gasteiger partial charge in [0.15, 0.2) is 0 Å². The lowest BCUT2D eigenvalue weighted by atomic mass is 9.99. The Labute approximate surface area is 205 Å². The maximum atomic E-state index is 12.9. The van der Waals surface area contributed by atoms with E-state index in [4.69, 9.17) is 23.2 Å². The van der Waals surface area contributed by atoms with Gasteiger partial charge in [-0.05, 0) is 52.7 Å². The van der Waals surface area contributed by atoms with Gasteiger partial charge < -0.3 is 10.4 Å². The Kier molecular flexibility index (Phi) is 7.11. The Balaban J connectivity index is 1.50. The molecule has 0 saturated heterocycles. The quantitative estimate of drug-likeness (QED) is 0.244. The van der Waals surface area contributed by atoms with Crippen molar-refractivity contribution in [2.45, 2.75) is 6.54 Å². The van der Waals surface area contributed by atoms with E-state index in [-0.39, 0.29) is 22.2 Å². The third kappa shape index (κ3) is 5.36. The van der Waals surface area contributed by atoms with E-state index in [0.717, 1.165) is 21.9 Å². The average Bonchev–Trinajstić information content (AvgIpc) is 2.85. The highest BCUT2D eigenvalue weighted by molar-refractivity contribution is 6.32. The lowest BCUT2D eigenvalue weighted by molar-refractivity contribution is 0.0945. The number of phenolic OH excluding ortho intramolecular Hbond substituents is 1. The summed E-state index contributed by atoms with van der Waals surface area (Å²) in [5.74, 6) is -0.779. The van der Waals surface area contributed by atoms with Gasteiger partial charge in [0, 0.05) is 28.3 Å². The van der Waals surface area contributed by atoms with Crippen LogP contribution in [0.15, 0.2) is 84.0 Å². The smallest absolute Gasteiger partial charge is 0.271 e. The van der Waals surface area contributed by atoms with Crippen LogP contribution in [-0.2, 0) is 6.54 Å². The molecule has 4 aromatic carbocycles. The fourth-order valence-electron chi connectivity index (χ4n) is 3.39. The first-order valence-corrected chi connectivity index (χ1v) is 11.0. The zero-order valence-electron chi connectivity index (χ0n) is 17.8. The topological polar surface area (TPSA) is 90.8 Å². The minimum absolute atomic E-state index is 0.0764. The van der Waals surface area contributed by atoms with Crippen molar-refractivity contribution in [3.8, 4) is 5.75 Å². The summed E-state index contributed by atoms with van der Waals surface area (Å²) in [5, 5.41) is 18.7. The van der Waals surface area contributed by atoms with Gasteiger partial charge in [-0.15, -0.1) is 0 Å². The van der Waals surface area contributed by atoms with E-state index >= 15 is 0 Å². The summed E-state index contributed by atoms with van der Waals surface area (Å²) < 4.78 is 0. The molecule has 4 aromatic rings. The highest BCUT2D eigenvalue weighted by atomic mass is 35.5. The molecule has 0 unspecified atom stereocenters. The molecule has 0 radical (unpaired) electrons. The van der Waals surface area contributed by atoms with Crippen LogP contribution in [0.25, 0.3) is 10.8 Å². The largest absolute Gasteiger partial charge is 0.506 e. The third-order valence-electron chi connectivity index (χ3n) is 5.15. The van der Waals surface area contributed by atoms with E-state index in [9.17, 15) is 14.7 Å². The Hall–Kier alpha value is -3.87. The van der Waals surface area contributed by atoms with Crippen LogP contribution in [0.2, 0.25) is 10.0 Å². The van der Waals surface area contributed by atoms with E-state index in [1.807, 2.05) is 36.4 Å². The number of hydrazone groups is 1. The average molecular weight is 492 g/mol. The third-order valence-corrected chi connectivity index (χ3v) is 5.70. The molecule has 0 aliphatic heterocycles. The molecule has 0 aliphatic rings. The normalized spacial score (nSPS) is 11.0. The van der Waals surface area contributed by atoms with Crippen molar-refractivity contribution in [3.63, 3.8) is 0 Å². The second-order valence-corrected chi connectivity index (χ2v) is 8.27. The number of carbonyl (C=O) groups is 2. The summed E-state index contributed by atoms with van der Waals surface area (Å²) in [7, 11) is 0. The van der Waals surface area contributed by atoms with Gasteiger partial charge >= 0.3 is 0 Å². The maximum absolute atomic E-state index is 12.9. The van der Waals surface area contributed by atoms with Crippen molar-refractivity contribution in [1.29, 1.82) is 0 Å². The number of halogens is 2. The lowest BCUT2D eigenvalue weighted by Crippen LogP contribution is -2.23. The highest BCUT2D eigenvalue weighted by Gasteiger charge is 2.12. The van der Waals surface area contributed by atoms with Gasteiger partial charge in [-0.3, -0.25) is 9.59 Å². The van der Waals surface area contributed by atoms with Crippen molar-refractivity contribution in [1.82, 2.24) is 10.7 Å². The predicted molar refractivity (Wildman–Crippen MR) is 135 cm³/mol. The van der Waals surface area contributed by atoms with E-state index in [2.05, 4.69) is 15.8 Å². The first-order chi connectivity index (χ1) is 16.4. The summed E-state index contributed by atoms with van der Waals surface area (Å²) in [4.78, 5) is 25.2. The number of nitrogens with zero attached hydrogens (tertiary/aromatic N) is 1. The van der Waals surface area contributed by atoms with Crippen molar-refractivity contribution < 1.29 is 14.7 Å². The summed E-state index contributed by atoms with van der Waals surface area (Å²) in [5.41, 5.74) is 4.91. The number of hydrogen-bond donors (Lipinski definition) is 3. The predicted octanol–water partition coefficient (Wildman–Crippen LogP) is 5.55. The van der Waals surface area contributed by atoms with E-state index in [1.54, 1.807) is 24.3 Å². The number of fused-ring (bicyclic) bond motifs is 1. The Bertz CT molecular complexity index is 1400. The molecule has 0 aromatic heterocycles. The number of amides is 2. The number of phenols is 1. The molecule has 0 spiro atoms. The summed E-state index contributed by atoms with van der Waals surface area (Å²) >= 11 is 11.8. The Morgan fingerprint density at radius 2 is 1.62 bits per heavy atom. The highest BCUT2D eigenvalue weighted by Crippen LogP contribution is 2.24. The molecule has 0 fully saturated rings. The lowest BCUT2D eigenvalue weighted by Gasteiger charge is -2.10. The second kappa shape index (κ2) is 10.4. The minimum atomic E-state index is -0.472. The SMILES string of the molecule is O=C(NN=Cc1ccc(C(=O)NCc2ccc(Cl)cc2)c2ccccc12)c1ccc(O)c(Cl)c1. The molecule has 170 valence electrons. The van der Waals surface area contributed by atoms with E-state index in [1.165, 1.54) is 24.4 Å². The van der Waals surface area contributed by atoms with Crippen LogP contribution >= 0.6 is 23.2 Å². The summed E-state index contributed by atoms with van der Waals surface area (Å²) in [6, 6.07) is 22.4. The molecule has 0 aliphatic carbocycles. The molecule has 4 rings (SSSR count). The number of carbonyl (C=O) groups excluding carboxylic acids is 2. The van der Waals surface area contributed by atoms with Gasteiger partial charge in [0.05, 0.1) is 11.2 Å². The monoisotopic (exact) mass is 491 g/mol. The molecule has 2 amide bonds. The van der Waals surface area contributed by atoms with Gasteiger partial charge in [-0.25, -0.2) is 5.43 Å². The second-order valence-electron chi connectivity index (χ2n) is 7.42. The van der Waals surface area contributed by atoms with E-state index in [0.29, 0.717) is 17.1 Å². The molecule has 3 N–H and O–H groups in total. The van der Waals surface area contributed by atoms with Gasteiger partial charge in [0.2, 0.25) is 0 Å². The number of nitrogens with one attached hydrogen (secondary N) is 2. The van der Waals surface area contributed by atoms with Crippen LogP contribution in [0.3, 0.4) is 0 Å². The fourth-order valence-corrected chi connectivity index (χ4v) is 3.69. The number of aromatic hydroxyl groups is 1. The molecule has 34 heavy (non-hydrogen) atoms. The number of hydrogen-bond acceptors (Lipinski definition) is 4. The van der Waals surface area contributed by atoms with Gasteiger partial charge in [0.25, 0.3) is 11.8 Å². The standard InChI is InChI=1S/C26H19Cl2N3O3/c27-19-9-5-16(6-10-19)14-29-26(34)22-11-7-18(20-3-1-2-4-21(20)22)15-30-31-25(33)17-8-12-24(32)23(28)13-17/h1-13,15,32H,14H2,(H,29,34)(H,31,33). The summed E-state index contributed by atoms with van der Waals surface area (Å²) in [6.07, 6.45) is 1.51. The molecule has 0 saturated carbocycles. The summed E-state index contributed by atoms with van der Waals surface area (Å²) in [6.45, 7) is 0.376. The van der Waals surface area contributed by atoms with Crippen LogP contribution in [0.4, 0.5) is 0 Å². The van der Waals surface area contributed by atoms with Gasteiger partial charge in [-0.1, -0.05) is 65.7 Å². The Morgan fingerprint density at radius 3 is 2.35 bits per heavy atom. The van der Waals surface area contributed by atoms with Crippen molar-refractivity contribution in [2.75, 3.05) is 0 Å². The molecular formula is C26H19Cl2N3O3. The molecule has 0 atom stereocenters. The zero-order valence-corrected chi connectivity index (χ0v) is 19.3. The maximum Gasteiger partial charge on any atom is 0.271 e. The molecular weight excluding hydrogens is 473 g/mol. The van der Waals surface area contributed by atoms with Gasteiger partial charge in [0.1, 0.15) is 5.75 Å². The van der Waals surface area contributed by atoms with Gasteiger partial charge in [-0.2, -0.15) is 5.10 Å². The number of rotatable bonds is 6. The minimum Gasteiger partial charge on any atom is -0.506 e. The first-order valence-electron chi connectivity index (χ1n) is 10.3. The van der Waals surface area contributed by atoms with Crippen LogP contribution in [0.5, 0.6) is 5.75 Å². The zero-order chi connectivity index (χ0) is 24.1. The van der Waals surface area contributed by atoms with Crippen molar-refractivity contribution in [2.24, 2.45) is 5.10 Å². The molecule has 0 bridgehead atoms. The number of benzene rings is 4. The molecule has 0 heterocycles. The molecule has 6 nitrogen and oxygen atoms in total. The van der Waals surface area contributed by atoms with Crippen molar-refractivity contribution in [3.05, 3.63) is 111 Å². The van der Waals surface area contributed by atoms with E-state index < -0.39 is 5.91 Å². The fraction of sp³-hybridized carbons (Fsp3) is 0.0385. The van der Waals surface area contributed by atoms with Crippen LogP contribution in [0.1, 0.15) is 31.8 Å². The van der Waals surface area contributed by atoms with Crippen molar-refractivity contribution >= 4 is 52.0 Å². The molecule has 8 heteroatoms. The van der Waals surface area contributed by atoms with Crippen LogP contribution in [0, 0.1) is 0 Å². The van der Waals surface area contributed by atoms with Crippen LogP contribution < -0.4 is 10.7 Å².